The van der Waals surface area contributed by atoms with E-state index in [1.54, 1.807) is 0 Å². The first-order chi connectivity index (χ1) is 38.5. The van der Waals surface area contributed by atoms with E-state index in [1.165, 1.54) is 122 Å². The molecule has 0 saturated heterocycles. The lowest BCUT2D eigenvalue weighted by Gasteiger charge is -2.35. The second-order valence-electron chi connectivity index (χ2n) is 22.2. The highest BCUT2D eigenvalue weighted by atomic mass is 15.1. The van der Waals surface area contributed by atoms with Crippen LogP contribution in [0, 0.1) is 0 Å². The molecule has 78 heavy (non-hydrogen) atoms. The number of benzene rings is 12. The predicted octanol–water partition coefficient (Wildman–Crippen LogP) is 19.5. The number of fused-ring (bicyclic) bond motifs is 16. The van der Waals surface area contributed by atoms with Gasteiger partial charge in [0, 0.05) is 22.5 Å². The van der Waals surface area contributed by atoms with Crippen molar-refractivity contribution < 1.29 is 0 Å². The van der Waals surface area contributed by atoms with E-state index in [0.29, 0.717) is 0 Å². The minimum absolute atomic E-state index is 0.0786. The van der Waals surface area contributed by atoms with E-state index >= 15 is 0 Å². The normalized spacial score (nSPS) is 14.6. The molecule has 4 aliphatic carbocycles. The zero-order valence-corrected chi connectivity index (χ0v) is 43.6. The van der Waals surface area contributed by atoms with Crippen LogP contribution in [-0.2, 0) is 16.2 Å². The van der Waals surface area contributed by atoms with Crippen molar-refractivity contribution in [3.63, 3.8) is 0 Å². The molecule has 4 aliphatic rings. The first-order valence-corrected chi connectivity index (χ1v) is 27.5. The van der Waals surface area contributed by atoms with Crippen LogP contribution in [0.2, 0.25) is 0 Å². The number of hydrogen-bond acceptors (Lipinski definition) is 1. The lowest BCUT2D eigenvalue weighted by Crippen LogP contribution is -2.28. The molecule has 366 valence electrons. The van der Waals surface area contributed by atoms with Gasteiger partial charge in [0.25, 0.3) is 0 Å². The van der Waals surface area contributed by atoms with Crippen LogP contribution >= 0.6 is 0 Å². The standard InChI is InChI=1S/C77H53N/c1-75(2)66-30-14-9-24-59(66)63-46-40-52(48-72(63)75)50-36-41-55(42-37-50)78(57-45-47-64-62-27-10-15-31-67(62)76(73(64)49-57,53-20-5-3-6-21-53)54-22-7-4-8-23-54)56-43-38-51(39-44-56)58-29-19-35-71-74(58)65-28-13-18-34-70(65)77(71)68-32-16-11-25-60(68)61-26-12-17-33-69(61)77/h3-49H,1-2H3. The van der Waals surface area contributed by atoms with Crippen molar-refractivity contribution >= 4 is 17.1 Å². The van der Waals surface area contributed by atoms with Crippen LogP contribution in [0.1, 0.15) is 69.5 Å². The van der Waals surface area contributed by atoms with Gasteiger partial charge in [-0.15, -0.1) is 0 Å². The molecule has 1 heteroatoms. The first-order valence-electron chi connectivity index (χ1n) is 27.5. The van der Waals surface area contributed by atoms with Crippen LogP contribution in [0.4, 0.5) is 17.1 Å². The average molecular weight is 992 g/mol. The average Bonchev–Trinajstić information content (AvgIpc) is 4.36. The van der Waals surface area contributed by atoms with Gasteiger partial charge in [-0.1, -0.05) is 257 Å². The number of anilines is 3. The van der Waals surface area contributed by atoms with Crippen LogP contribution in [0.15, 0.2) is 285 Å². The molecule has 0 amide bonds. The van der Waals surface area contributed by atoms with E-state index in [1.807, 2.05) is 0 Å². The molecule has 0 fully saturated rings. The maximum absolute atomic E-state index is 2.48. The highest BCUT2D eigenvalue weighted by Gasteiger charge is 2.52. The molecule has 1 nitrogen and oxygen atoms in total. The first kappa shape index (κ1) is 44.7. The summed E-state index contributed by atoms with van der Waals surface area (Å²) >= 11 is 0. The third kappa shape index (κ3) is 6.02. The number of rotatable bonds is 7. The maximum Gasteiger partial charge on any atom is 0.0725 e. The third-order valence-electron chi connectivity index (χ3n) is 18.2. The van der Waals surface area contributed by atoms with E-state index in [2.05, 4.69) is 304 Å². The largest absolute Gasteiger partial charge is 0.310 e. The van der Waals surface area contributed by atoms with Crippen molar-refractivity contribution in [3.05, 3.63) is 341 Å². The molecule has 0 bridgehead atoms. The van der Waals surface area contributed by atoms with Gasteiger partial charge in [0.2, 0.25) is 0 Å². The second kappa shape index (κ2) is 16.7. The molecule has 0 aromatic heterocycles. The molecule has 12 aromatic rings. The maximum atomic E-state index is 2.48. The van der Waals surface area contributed by atoms with Crippen molar-refractivity contribution in [2.24, 2.45) is 0 Å². The smallest absolute Gasteiger partial charge is 0.0725 e. The Morgan fingerprint density at radius 2 is 0.615 bits per heavy atom. The van der Waals surface area contributed by atoms with Crippen LogP contribution in [0.5, 0.6) is 0 Å². The van der Waals surface area contributed by atoms with Gasteiger partial charge in [0.15, 0.2) is 0 Å². The van der Waals surface area contributed by atoms with Crippen molar-refractivity contribution in [1.82, 2.24) is 0 Å². The van der Waals surface area contributed by atoms with Gasteiger partial charge >= 0.3 is 0 Å². The van der Waals surface area contributed by atoms with Gasteiger partial charge in [-0.2, -0.15) is 0 Å². The van der Waals surface area contributed by atoms with Gasteiger partial charge in [-0.25, -0.2) is 0 Å². The lowest BCUT2D eigenvalue weighted by atomic mass is 9.67. The fraction of sp³-hybridized carbons (Fsp3) is 0.0649. The molecule has 0 atom stereocenters. The van der Waals surface area contributed by atoms with Gasteiger partial charge in [-0.05, 0) is 165 Å². The highest BCUT2D eigenvalue weighted by molar-refractivity contribution is 6.00. The number of hydrogen-bond donors (Lipinski definition) is 0. The summed E-state index contributed by atoms with van der Waals surface area (Å²) in [7, 11) is 0. The van der Waals surface area contributed by atoms with E-state index in [-0.39, 0.29) is 5.41 Å². The Morgan fingerprint density at radius 3 is 1.19 bits per heavy atom. The third-order valence-corrected chi connectivity index (χ3v) is 18.2. The van der Waals surface area contributed by atoms with Crippen LogP contribution in [-0.4, -0.2) is 0 Å². The minimum Gasteiger partial charge on any atom is -0.310 e. The summed E-state index contributed by atoms with van der Waals surface area (Å²) in [6.07, 6.45) is 0. The molecule has 0 aliphatic heterocycles. The van der Waals surface area contributed by atoms with Gasteiger partial charge in [-0.3, -0.25) is 0 Å². The highest BCUT2D eigenvalue weighted by Crippen LogP contribution is 2.64. The zero-order valence-electron chi connectivity index (χ0n) is 43.6. The summed E-state index contributed by atoms with van der Waals surface area (Å²) in [5, 5.41) is 0. The topological polar surface area (TPSA) is 3.24 Å². The van der Waals surface area contributed by atoms with Crippen LogP contribution in [0.25, 0.3) is 66.8 Å². The molecule has 1 spiro atoms. The Kier molecular flexibility index (Phi) is 9.58. The molecular weight excluding hydrogens is 939 g/mol. The van der Waals surface area contributed by atoms with Crippen LogP contribution < -0.4 is 4.90 Å². The lowest BCUT2D eigenvalue weighted by molar-refractivity contribution is 0.660. The van der Waals surface area contributed by atoms with Crippen molar-refractivity contribution in [2.45, 2.75) is 30.1 Å². The molecule has 16 rings (SSSR count). The zero-order chi connectivity index (χ0) is 51.7. The molecule has 12 aromatic carbocycles. The fourth-order valence-corrected chi connectivity index (χ4v) is 14.9. The molecule has 0 saturated carbocycles. The Bertz CT molecular complexity index is 4300. The predicted molar refractivity (Wildman–Crippen MR) is 323 cm³/mol. The van der Waals surface area contributed by atoms with Crippen molar-refractivity contribution in [1.29, 1.82) is 0 Å². The molecular formula is C77H53N. The van der Waals surface area contributed by atoms with Gasteiger partial charge in [0.1, 0.15) is 0 Å². The minimum atomic E-state index is -0.535. The van der Waals surface area contributed by atoms with Gasteiger partial charge < -0.3 is 4.90 Å². The summed E-state index contributed by atoms with van der Waals surface area (Å²) in [6, 6.07) is 107. The number of nitrogens with zero attached hydrogens (tertiary/aromatic N) is 1. The van der Waals surface area contributed by atoms with E-state index in [0.717, 1.165) is 17.1 Å². The summed E-state index contributed by atoms with van der Waals surface area (Å²) < 4.78 is 0. The van der Waals surface area contributed by atoms with E-state index in [4.69, 9.17) is 0 Å². The second-order valence-corrected chi connectivity index (χ2v) is 22.2. The molecule has 0 unspecified atom stereocenters. The quantitative estimate of drug-likeness (QED) is 0.154. The Hall–Kier alpha value is -9.56. The Morgan fingerprint density at radius 1 is 0.231 bits per heavy atom. The summed E-state index contributed by atoms with van der Waals surface area (Å²) in [6.45, 7) is 4.73. The van der Waals surface area contributed by atoms with Gasteiger partial charge in [0.05, 0.1) is 10.8 Å². The molecule has 0 heterocycles. The van der Waals surface area contributed by atoms with E-state index < -0.39 is 10.8 Å². The van der Waals surface area contributed by atoms with Crippen LogP contribution in [0.3, 0.4) is 0 Å². The van der Waals surface area contributed by atoms with E-state index in [9.17, 15) is 0 Å². The Labute approximate surface area is 457 Å². The summed E-state index contributed by atoms with van der Waals surface area (Å²) in [5.41, 5.74) is 30.9. The SMILES string of the molecule is CC1(C)c2ccccc2-c2ccc(-c3ccc(N(c4ccc(-c5cccc6c5-c5ccccc5C65c6ccccc6-c6ccccc65)cc4)c4ccc5c(c4)C(c4ccccc4)(c4ccccc4)c4ccccc4-5)cc3)cc21. The summed E-state index contributed by atoms with van der Waals surface area (Å²) in [5.74, 6) is 0. The summed E-state index contributed by atoms with van der Waals surface area (Å²) in [4.78, 5) is 2.46. The monoisotopic (exact) mass is 991 g/mol. The fourth-order valence-electron chi connectivity index (χ4n) is 14.9. The Balaban J connectivity index is 0.862. The van der Waals surface area contributed by atoms with Crippen molar-refractivity contribution in [3.8, 4) is 66.8 Å². The molecule has 0 radical (unpaired) electrons. The molecule has 0 N–H and O–H groups in total. The van der Waals surface area contributed by atoms with Crippen molar-refractivity contribution in [2.75, 3.05) is 4.90 Å².